The van der Waals surface area contributed by atoms with E-state index in [0.29, 0.717) is 5.88 Å². The van der Waals surface area contributed by atoms with Crippen LogP contribution in [0.2, 0.25) is 0 Å². The van der Waals surface area contributed by atoms with Gasteiger partial charge in [-0.2, -0.15) is 0 Å². The molecular weight excluding hydrogens is 210 g/mol. The third-order valence-electron chi connectivity index (χ3n) is 1.80. The normalized spacial score (nSPS) is 21.1. The van der Waals surface area contributed by atoms with Crippen molar-refractivity contribution in [3.8, 4) is 0 Å². The zero-order chi connectivity index (χ0) is 11.6. The van der Waals surface area contributed by atoms with Gasteiger partial charge in [-0.3, -0.25) is 9.89 Å². The monoisotopic (exact) mass is 229 g/mol. The Bertz CT molecular complexity index is 281. The first-order valence-electron chi connectivity index (χ1n) is 5.11. The van der Waals surface area contributed by atoms with Gasteiger partial charge in [0.05, 0.1) is 11.4 Å². The molecule has 4 nitrogen and oxygen atoms in total. The summed E-state index contributed by atoms with van der Waals surface area (Å²) in [4.78, 5) is 17.9. The Morgan fingerprint density at radius 1 is 1.47 bits per heavy atom. The fraction of sp³-hybridized carbons (Fsp3) is 0.800. The molecule has 1 N–H and O–H groups in total. The van der Waals surface area contributed by atoms with Gasteiger partial charge in [-0.15, -0.1) is 0 Å². The second-order valence-corrected chi connectivity index (χ2v) is 5.74. The number of aliphatic imine (C=N–C) groups is 1. The second-order valence-electron chi connectivity index (χ2n) is 4.80. The number of rotatable bonds is 1. The van der Waals surface area contributed by atoms with Crippen LogP contribution in [0.25, 0.3) is 0 Å². The summed E-state index contributed by atoms with van der Waals surface area (Å²) in [6.07, 6.45) is 0. The van der Waals surface area contributed by atoms with Gasteiger partial charge in [0.1, 0.15) is 0 Å². The standard InChI is InChI=1S/C10H19N3OS/c1-7(2)13-8(14)11-6-15-9(13)12-10(3,4)5/h7H,6H2,1-5H3,(H,11,14). The van der Waals surface area contributed by atoms with Crippen LogP contribution in [0.3, 0.4) is 0 Å². The van der Waals surface area contributed by atoms with E-state index >= 15 is 0 Å². The molecular formula is C10H19N3OS. The second kappa shape index (κ2) is 4.43. The van der Waals surface area contributed by atoms with Gasteiger partial charge in [0.15, 0.2) is 5.17 Å². The van der Waals surface area contributed by atoms with Gasteiger partial charge in [-0.25, -0.2) is 4.79 Å². The highest BCUT2D eigenvalue weighted by Crippen LogP contribution is 2.20. The molecule has 86 valence electrons. The van der Waals surface area contributed by atoms with Gasteiger partial charge in [0.25, 0.3) is 0 Å². The predicted octanol–water partition coefficient (Wildman–Crippen LogP) is 2.27. The van der Waals surface area contributed by atoms with Gasteiger partial charge >= 0.3 is 6.03 Å². The Morgan fingerprint density at radius 2 is 2.07 bits per heavy atom. The lowest BCUT2D eigenvalue weighted by Gasteiger charge is -2.32. The molecule has 0 bridgehead atoms. The average molecular weight is 229 g/mol. The van der Waals surface area contributed by atoms with Gasteiger partial charge in [0, 0.05) is 6.04 Å². The van der Waals surface area contributed by atoms with E-state index in [1.54, 1.807) is 16.7 Å². The van der Waals surface area contributed by atoms with Crippen LogP contribution in [-0.2, 0) is 0 Å². The Hall–Kier alpha value is -0.710. The molecule has 0 aliphatic carbocycles. The van der Waals surface area contributed by atoms with E-state index < -0.39 is 0 Å². The molecule has 0 unspecified atom stereocenters. The zero-order valence-electron chi connectivity index (χ0n) is 10.00. The molecule has 2 amide bonds. The van der Waals surface area contributed by atoms with Crippen molar-refractivity contribution in [2.24, 2.45) is 4.99 Å². The smallest absolute Gasteiger partial charge is 0.324 e. The molecule has 0 spiro atoms. The van der Waals surface area contributed by atoms with Crippen LogP contribution >= 0.6 is 11.8 Å². The maximum Gasteiger partial charge on any atom is 0.324 e. The number of thioether (sulfide) groups is 1. The number of hydrogen-bond donors (Lipinski definition) is 1. The van der Waals surface area contributed by atoms with Crippen molar-refractivity contribution in [1.82, 2.24) is 10.2 Å². The lowest BCUT2D eigenvalue weighted by molar-refractivity contribution is 0.214. The van der Waals surface area contributed by atoms with Crippen LogP contribution in [0.1, 0.15) is 34.6 Å². The number of carbonyl (C=O) groups excluding carboxylic acids is 1. The number of amides is 2. The number of urea groups is 1. The fourth-order valence-corrected chi connectivity index (χ4v) is 2.33. The highest BCUT2D eigenvalue weighted by molar-refractivity contribution is 8.13. The maximum absolute atomic E-state index is 11.7. The molecule has 0 radical (unpaired) electrons. The molecule has 1 aliphatic rings. The highest BCUT2D eigenvalue weighted by Gasteiger charge is 2.28. The molecule has 0 aromatic carbocycles. The van der Waals surface area contributed by atoms with E-state index in [4.69, 9.17) is 0 Å². The van der Waals surface area contributed by atoms with E-state index in [9.17, 15) is 4.79 Å². The summed E-state index contributed by atoms with van der Waals surface area (Å²) < 4.78 is 0. The van der Waals surface area contributed by atoms with Crippen molar-refractivity contribution >= 4 is 23.0 Å². The third-order valence-corrected chi connectivity index (χ3v) is 2.63. The first kappa shape index (κ1) is 12.4. The van der Waals surface area contributed by atoms with E-state index in [2.05, 4.69) is 10.3 Å². The first-order chi connectivity index (χ1) is 6.81. The van der Waals surface area contributed by atoms with Crippen molar-refractivity contribution in [3.05, 3.63) is 0 Å². The molecule has 0 saturated carbocycles. The van der Waals surface area contributed by atoms with E-state index in [1.807, 2.05) is 34.6 Å². The van der Waals surface area contributed by atoms with E-state index in [1.165, 1.54) is 0 Å². The Morgan fingerprint density at radius 3 is 2.53 bits per heavy atom. The summed E-state index contributed by atoms with van der Waals surface area (Å²) in [5.41, 5.74) is -0.146. The van der Waals surface area contributed by atoms with E-state index in [0.717, 1.165) is 5.17 Å². The average Bonchev–Trinajstić information content (AvgIpc) is 1.99. The molecule has 1 aliphatic heterocycles. The van der Waals surface area contributed by atoms with Crippen molar-refractivity contribution < 1.29 is 4.79 Å². The van der Waals surface area contributed by atoms with Crippen LogP contribution in [0.5, 0.6) is 0 Å². The van der Waals surface area contributed by atoms with Gasteiger partial charge in [-0.05, 0) is 34.6 Å². The lowest BCUT2D eigenvalue weighted by Crippen LogP contribution is -2.51. The predicted molar refractivity (Wildman–Crippen MR) is 65.2 cm³/mol. The van der Waals surface area contributed by atoms with Gasteiger partial charge < -0.3 is 5.32 Å². The Kier molecular flexibility index (Phi) is 3.65. The minimum absolute atomic E-state index is 0.0493. The number of hydrogen-bond acceptors (Lipinski definition) is 3. The molecule has 0 aromatic heterocycles. The quantitative estimate of drug-likeness (QED) is 0.749. The largest absolute Gasteiger partial charge is 0.328 e. The number of amidine groups is 1. The molecule has 15 heavy (non-hydrogen) atoms. The van der Waals surface area contributed by atoms with Gasteiger partial charge in [0.2, 0.25) is 0 Å². The molecule has 5 heteroatoms. The third kappa shape index (κ3) is 3.41. The van der Waals surface area contributed by atoms with Crippen LogP contribution in [0, 0.1) is 0 Å². The summed E-state index contributed by atoms with van der Waals surface area (Å²) in [5.74, 6) is 0.608. The Labute approximate surface area is 95.5 Å². The van der Waals surface area contributed by atoms with Crippen molar-refractivity contribution in [3.63, 3.8) is 0 Å². The summed E-state index contributed by atoms with van der Waals surface area (Å²) >= 11 is 1.57. The topological polar surface area (TPSA) is 44.7 Å². The Balaban J connectivity index is 2.94. The van der Waals surface area contributed by atoms with Crippen LogP contribution in [0.15, 0.2) is 4.99 Å². The minimum atomic E-state index is -0.146. The van der Waals surface area contributed by atoms with Crippen molar-refractivity contribution in [1.29, 1.82) is 0 Å². The van der Waals surface area contributed by atoms with Crippen molar-refractivity contribution in [2.45, 2.75) is 46.2 Å². The first-order valence-corrected chi connectivity index (χ1v) is 6.09. The van der Waals surface area contributed by atoms with Crippen LogP contribution in [0.4, 0.5) is 4.79 Å². The molecule has 1 saturated heterocycles. The summed E-state index contributed by atoms with van der Waals surface area (Å²) in [7, 11) is 0. The van der Waals surface area contributed by atoms with Crippen LogP contribution in [-0.4, -0.2) is 33.6 Å². The molecule has 0 atom stereocenters. The van der Waals surface area contributed by atoms with Gasteiger partial charge in [-0.1, -0.05) is 11.8 Å². The SMILES string of the molecule is CC(C)N1C(=O)NCSC1=NC(C)(C)C. The number of nitrogens with one attached hydrogen (secondary N) is 1. The number of carbonyl (C=O) groups is 1. The summed E-state index contributed by atoms with van der Waals surface area (Å²) in [5, 5.41) is 3.62. The number of nitrogens with zero attached hydrogens (tertiary/aromatic N) is 2. The summed E-state index contributed by atoms with van der Waals surface area (Å²) in [6, 6.07) is 0.0886. The summed E-state index contributed by atoms with van der Waals surface area (Å²) in [6.45, 7) is 10.1. The molecule has 1 rings (SSSR count). The molecule has 1 fully saturated rings. The highest BCUT2D eigenvalue weighted by atomic mass is 32.2. The molecule has 0 aromatic rings. The lowest BCUT2D eigenvalue weighted by atomic mass is 10.1. The van der Waals surface area contributed by atoms with Crippen LogP contribution < -0.4 is 5.32 Å². The molecule has 1 heterocycles. The van der Waals surface area contributed by atoms with Crippen molar-refractivity contribution in [2.75, 3.05) is 5.88 Å². The fourth-order valence-electron chi connectivity index (χ4n) is 1.23. The van der Waals surface area contributed by atoms with E-state index in [-0.39, 0.29) is 17.6 Å². The maximum atomic E-state index is 11.7. The minimum Gasteiger partial charge on any atom is -0.328 e. The zero-order valence-corrected chi connectivity index (χ0v) is 10.8.